The number of hydrogen-bond acceptors (Lipinski definition) is 6. The van der Waals surface area contributed by atoms with Crippen LogP contribution in [0, 0.1) is 0 Å². The summed E-state index contributed by atoms with van der Waals surface area (Å²) in [7, 11) is 0. The highest BCUT2D eigenvalue weighted by Crippen LogP contribution is 2.32. The minimum absolute atomic E-state index is 0.172. The lowest BCUT2D eigenvalue weighted by Crippen LogP contribution is -2.22. The van der Waals surface area contributed by atoms with Crippen LogP contribution in [-0.2, 0) is 6.54 Å². The monoisotopic (exact) mass is 339 g/mol. The lowest BCUT2D eigenvalue weighted by Gasteiger charge is -2.04. The molecule has 1 aliphatic rings. The number of nitrogens with zero attached hydrogens (tertiary/aromatic N) is 2. The molecule has 24 heavy (non-hydrogen) atoms. The fourth-order valence-corrected chi connectivity index (χ4v) is 3.09. The SMILES string of the molecule is O=C(NCc1nc(-c2ccncc2)cs1)c1ccc2c(c1)OCO2. The van der Waals surface area contributed by atoms with Gasteiger partial charge in [-0.2, -0.15) is 0 Å². The number of pyridine rings is 1. The molecular formula is C17H13N3O3S. The van der Waals surface area contributed by atoms with E-state index in [1.165, 1.54) is 11.3 Å². The first kappa shape index (κ1) is 14.6. The van der Waals surface area contributed by atoms with Gasteiger partial charge >= 0.3 is 0 Å². The summed E-state index contributed by atoms with van der Waals surface area (Å²) in [6.07, 6.45) is 3.46. The number of benzene rings is 1. The molecule has 0 saturated carbocycles. The van der Waals surface area contributed by atoms with Crippen LogP contribution in [0.25, 0.3) is 11.3 Å². The largest absolute Gasteiger partial charge is 0.454 e. The Morgan fingerprint density at radius 1 is 1.17 bits per heavy atom. The number of thiazole rings is 1. The molecule has 3 aromatic rings. The van der Waals surface area contributed by atoms with Gasteiger partial charge < -0.3 is 14.8 Å². The summed E-state index contributed by atoms with van der Waals surface area (Å²) < 4.78 is 10.5. The average Bonchev–Trinajstić information content (AvgIpc) is 3.29. The molecule has 0 spiro atoms. The summed E-state index contributed by atoms with van der Waals surface area (Å²) in [5, 5.41) is 5.68. The van der Waals surface area contributed by atoms with Crippen molar-refractivity contribution in [3.8, 4) is 22.8 Å². The van der Waals surface area contributed by atoms with Gasteiger partial charge in [0, 0.05) is 28.9 Å². The summed E-state index contributed by atoms with van der Waals surface area (Å²) in [4.78, 5) is 20.8. The molecule has 0 unspecified atom stereocenters. The molecule has 0 saturated heterocycles. The van der Waals surface area contributed by atoms with Gasteiger partial charge in [-0.1, -0.05) is 0 Å². The Labute approximate surface area is 142 Å². The number of fused-ring (bicyclic) bond motifs is 1. The van der Waals surface area contributed by atoms with Crippen LogP contribution in [-0.4, -0.2) is 22.7 Å². The standard InChI is InChI=1S/C17H13N3O3S/c21-17(12-1-2-14-15(7-12)23-10-22-14)19-8-16-20-13(9-24-16)11-3-5-18-6-4-11/h1-7,9H,8,10H2,(H,19,21). The van der Waals surface area contributed by atoms with Gasteiger partial charge in [0.2, 0.25) is 6.79 Å². The van der Waals surface area contributed by atoms with Crippen LogP contribution in [0.2, 0.25) is 0 Å². The molecule has 1 aliphatic heterocycles. The van der Waals surface area contributed by atoms with E-state index in [-0.39, 0.29) is 12.7 Å². The van der Waals surface area contributed by atoms with E-state index in [9.17, 15) is 4.79 Å². The van der Waals surface area contributed by atoms with Crippen LogP contribution >= 0.6 is 11.3 Å². The molecule has 1 N–H and O–H groups in total. The van der Waals surface area contributed by atoms with Crippen LogP contribution in [0.4, 0.5) is 0 Å². The Hall–Kier alpha value is -2.93. The molecule has 0 aliphatic carbocycles. The Balaban J connectivity index is 1.42. The maximum Gasteiger partial charge on any atom is 0.251 e. The van der Waals surface area contributed by atoms with Crippen molar-refractivity contribution < 1.29 is 14.3 Å². The number of ether oxygens (including phenoxy) is 2. The molecule has 120 valence electrons. The summed E-state index contributed by atoms with van der Waals surface area (Å²) in [6.45, 7) is 0.570. The van der Waals surface area contributed by atoms with Gasteiger partial charge in [-0.05, 0) is 30.3 Å². The molecule has 0 bridgehead atoms. The number of carbonyl (C=O) groups is 1. The minimum atomic E-state index is -0.172. The number of carbonyl (C=O) groups excluding carboxylic acids is 1. The van der Waals surface area contributed by atoms with Crippen LogP contribution in [0.5, 0.6) is 11.5 Å². The van der Waals surface area contributed by atoms with Crippen molar-refractivity contribution in [2.24, 2.45) is 0 Å². The van der Waals surface area contributed by atoms with Gasteiger partial charge in [0.05, 0.1) is 12.2 Å². The summed E-state index contributed by atoms with van der Waals surface area (Å²) in [6, 6.07) is 8.95. The third-order valence-corrected chi connectivity index (χ3v) is 4.41. The average molecular weight is 339 g/mol. The highest BCUT2D eigenvalue weighted by Gasteiger charge is 2.16. The summed E-state index contributed by atoms with van der Waals surface area (Å²) in [5.41, 5.74) is 2.43. The van der Waals surface area contributed by atoms with Gasteiger partial charge in [0.1, 0.15) is 5.01 Å². The second-order valence-electron chi connectivity index (χ2n) is 5.11. The molecule has 0 atom stereocenters. The quantitative estimate of drug-likeness (QED) is 0.791. The van der Waals surface area contributed by atoms with Crippen LogP contribution in [0.15, 0.2) is 48.1 Å². The maximum absolute atomic E-state index is 12.3. The third-order valence-electron chi connectivity index (χ3n) is 3.56. The maximum atomic E-state index is 12.3. The smallest absolute Gasteiger partial charge is 0.251 e. The highest BCUT2D eigenvalue weighted by atomic mass is 32.1. The number of rotatable bonds is 4. The first-order valence-corrected chi connectivity index (χ1v) is 8.20. The van der Waals surface area contributed by atoms with E-state index in [2.05, 4.69) is 15.3 Å². The first-order valence-electron chi connectivity index (χ1n) is 7.32. The Morgan fingerprint density at radius 2 is 2.00 bits per heavy atom. The molecule has 1 aromatic carbocycles. The summed E-state index contributed by atoms with van der Waals surface area (Å²) >= 11 is 1.51. The minimum Gasteiger partial charge on any atom is -0.454 e. The molecule has 1 amide bonds. The molecule has 2 aromatic heterocycles. The second-order valence-corrected chi connectivity index (χ2v) is 6.06. The second kappa shape index (κ2) is 6.29. The van der Waals surface area contributed by atoms with Gasteiger partial charge in [-0.15, -0.1) is 11.3 Å². The molecule has 3 heterocycles. The van der Waals surface area contributed by atoms with Crippen LogP contribution in [0.3, 0.4) is 0 Å². The lowest BCUT2D eigenvalue weighted by atomic mass is 10.2. The van der Waals surface area contributed by atoms with Crippen molar-refractivity contribution >= 4 is 17.2 Å². The number of aromatic nitrogens is 2. The summed E-state index contributed by atoms with van der Waals surface area (Å²) in [5.74, 6) is 1.08. The van der Waals surface area contributed by atoms with E-state index in [0.717, 1.165) is 16.3 Å². The van der Waals surface area contributed by atoms with E-state index in [0.29, 0.717) is 23.6 Å². The van der Waals surface area contributed by atoms with Gasteiger partial charge in [-0.3, -0.25) is 9.78 Å². The van der Waals surface area contributed by atoms with Crippen LogP contribution < -0.4 is 14.8 Å². The zero-order chi connectivity index (χ0) is 16.4. The zero-order valence-corrected chi connectivity index (χ0v) is 13.4. The number of hydrogen-bond donors (Lipinski definition) is 1. The predicted molar refractivity (Wildman–Crippen MR) is 89.1 cm³/mol. The zero-order valence-electron chi connectivity index (χ0n) is 12.6. The molecule has 0 fully saturated rings. The Morgan fingerprint density at radius 3 is 2.88 bits per heavy atom. The van der Waals surface area contributed by atoms with Crippen molar-refractivity contribution in [1.29, 1.82) is 0 Å². The van der Waals surface area contributed by atoms with Gasteiger partial charge in [-0.25, -0.2) is 4.98 Å². The molecule has 7 heteroatoms. The highest BCUT2D eigenvalue weighted by molar-refractivity contribution is 7.09. The van der Waals surface area contributed by atoms with Crippen molar-refractivity contribution in [3.05, 3.63) is 58.7 Å². The normalized spacial score (nSPS) is 12.2. The fourth-order valence-electron chi connectivity index (χ4n) is 2.34. The van der Waals surface area contributed by atoms with E-state index in [1.54, 1.807) is 30.6 Å². The van der Waals surface area contributed by atoms with E-state index >= 15 is 0 Å². The van der Waals surface area contributed by atoms with Crippen molar-refractivity contribution in [3.63, 3.8) is 0 Å². The fraction of sp³-hybridized carbons (Fsp3) is 0.118. The Kier molecular flexibility index (Phi) is 3.84. The lowest BCUT2D eigenvalue weighted by molar-refractivity contribution is 0.0950. The molecule has 6 nitrogen and oxygen atoms in total. The van der Waals surface area contributed by atoms with Crippen molar-refractivity contribution in [1.82, 2.24) is 15.3 Å². The van der Waals surface area contributed by atoms with Crippen molar-refractivity contribution in [2.75, 3.05) is 6.79 Å². The van der Waals surface area contributed by atoms with E-state index in [4.69, 9.17) is 9.47 Å². The van der Waals surface area contributed by atoms with E-state index in [1.807, 2.05) is 17.5 Å². The predicted octanol–water partition coefficient (Wildman–Crippen LogP) is 2.86. The van der Waals surface area contributed by atoms with Crippen LogP contribution in [0.1, 0.15) is 15.4 Å². The number of nitrogens with one attached hydrogen (secondary N) is 1. The van der Waals surface area contributed by atoms with Gasteiger partial charge in [0.25, 0.3) is 5.91 Å². The van der Waals surface area contributed by atoms with E-state index < -0.39 is 0 Å². The number of amides is 1. The van der Waals surface area contributed by atoms with Crippen molar-refractivity contribution in [2.45, 2.75) is 6.54 Å². The third kappa shape index (κ3) is 2.93. The Bertz CT molecular complexity index is 880. The van der Waals surface area contributed by atoms with Gasteiger partial charge in [0.15, 0.2) is 11.5 Å². The topological polar surface area (TPSA) is 73.3 Å². The molecule has 4 rings (SSSR count). The first-order chi connectivity index (χ1) is 11.8. The molecule has 0 radical (unpaired) electrons. The molecular weight excluding hydrogens is 326 g/mol.